The van der Waals surface area contributed by atoms with Crippen LogP contribution in [0.2, 0.25) is 0 Å². The van der Waals surface area contributed by atoms with E-state index in [2.05, 4.69) is 5.10 Å². The first-order chi connectivity index (χ1) is 19.8. The molecule has 1 spiro atoms. The molecule has 1 saturated carbocycles. The molecular formula is C32H27N3O6. The van der Waals surface area contributed by atoms with Crippen molar-refractivity contribution < 1.29 is 29.0 Å². The van der Waals surface area contributed by atoms with Crippen molar-refractivity contribution in [3.8, 4) is 0 Å². The van der Waals surface area contributed by atoms with Crippen LogP contribution in [0.4, 0.5) is 5.69 Å². The number of ether oxygens (including phenoxy) is 1. The number of rotatable bonds is 5. The lowest BCUT2D eigenvalue weighted by Crippen LogP contribution is -2.74. The van der Waals surface area contributed by atoms with Crippen LogP contribution in [-0.2, 0) is 30.5 Å². The third-order valence-corrected chi connectivity index (χ3v) is 8.39. The summed E-state index contributed by atoms with van der Waals surface area (Å²) in [5.74, 6) is -4.99. The lowest BCUT2D eigenvalue weighted by atomic mass is 9.50. The van der Waals surface area contributed by atoms with Gasteiger partial charge in [0.1, 0.15) is 5.41 Å². The zero-order valence-corrected chi connectivity index (χ0v) is 22.5. The summed E-state index contributed by atoms with van der Waals surface area (Å²) in [4.78, 5) is 58.3. The molecule has 3 aromatic carbocycles. The Kier molecular flexibility index (Phi) is 6.10. The predicted molar refractivity (Wildman–Crippen MR) is 150 cm³/mol. The Bertz CT molecular complexity index is 1640. The number of benzene rings is 3. The fourth-order valence-corrected chi connectivity index (χ4v) is 6.84. The third kappa shape index (κ3) is 3.38. The van der Waals surface area contributed by atoms with Crippen LogP contribution in [0.3, 0.4) is 0 Å². The second-order valence-electron chi connectivity index (χ2n) is 10.3. The quantitative estimate of drug-likeness (QED) is 0.483. The highest BCUT2D eigenvalue weighted by atomic mass is 16.5. The minimum absolute atomic E-state index is 0.0930. The number of Topliss-reactive ketones (excluding diaryl/α,β-unsaturated/α-hetero) is 1. The third-order valence-electron chi connectivity index (χ3n) is 8.39. The molecule has 2 amide bonds. The smallest absolute Gasteiger partial charge is 0.338 e. The summed E-state index contributed by atoms with van der Waals surface area (Å²) >= 11 is 0. The second kappa shape index (κ2) is 9.55. The maximum absolute atomic E-state index is 15.0. The number of hydrazone groups is 1. The van der Waals surface area contributed by atoms with Crippen LogP contribution >= 0.6 is 0 Å². The molecule has 1 fully saturated rings. The van der Waals surface area contributed by atoms with E-state index in [-0.39, 0.29) is 24.4 Å². The van der Waals surface area contributed by atoms with Crippen molar-refractivity contribution in [1.82, 2.24) is 5.01 Å². The van der Waals surface area contributed by atoms with Crippen LogP contribution in [0, 0.1) is 5.41 Å². The van der Waals surface area contributed by atoms with Gasteiger partial charge in [-0.1, -0.05) is 78.9 Å². The molecule has 0 radical (unpaired) electrons. The summed E-state index contributed by atoms with van der Waals surface area (Å²) in [7, 11) is 1.13. The SMILES string of the molecule is COC(=O)C12C(=C(O)C(=O)N1c1ccccc1)C(=O)CC(c1ccccc1)C21C(=O)N(Cc2ccccc2)N=C1C. The first-order valence-corrected chi connectivity index (χ1v) is 13.2. The van der Waals surface area contributed by atoms with Crippen LogP contribution in [-0.4, -0.2) is 52.0 Å². The van der Waals surface area contributed by atoms with Crippen LogP contribution in [0.1, 0.15) is 30.4 Å². The molecule has 9 nitrogen and oxygen atoms in total. The molecule has 206 valence electrons. The minimum Gasteiger partial charge on any atom is -0.503 e. The molecule has 0 aromatic heterocycles. The Labute approximate surface area is 236 Å². The van der Waals surface area contributed by atoms with Crippen LogP contribution in [0.5, 0.6) is 0 Å². The normalized spacial score (nSPS) is 25.6. The number of amides is 2. The second-order valence-corrected chi connectivity index (χ2v) is 10.3. The molecule has 0 bridgehead atoms. The highest BCUT2D eigenvalue weighted by Crippen LogP contribution is 2.63. The van der Waals surface area contributed by atoms with E-state index in [1.165, 1.54) is 5.01 Å². The van der Waals surface area contributed by atoms with Crippen LogP contribution < -0.4 is 4.90 Å². The fourth-order valence-electron chi connectivity index (χ4n) is 6.84. The van der Waals surface area contributed by atoms with Gasteiger partial charge in [0.05, 0.1) is 24.9 Å². The van der Waals surface area contributed by atoms with Gasteiger partial charge in [-0.2, -0.15) is 5.10 Å². The van der Waals surface area contributed by atoms with Gasteiger partial charge in [0, 0.05) is 18.0 Å². The number of esters is 1. The van der Waals surface area contributed by atoms with Crippen LogP contribution in [0.15, 0.2) is 107 Å². The number of aliphatic hydroxyl groups excluding tert-OH is 1. The Morgan fingerprint density at radius 3 is 2.15 bits per heavy atom. The van der Waals surface area contributed by atoms with Crippen molar-refractivity contribution in [2.45, 2.75) is 31.3 Å². The fraction of sp³-hybridized carbons (Fsp3) is 0.219. The first-order valence-electron chi connectivity index (χ1n) is 13.2. The molecular weight excluding hydrogens is 522 g/mol. The van der Waals surface area contributed by atoms with Crippen molar-refractivity contribution in [3.05, 3.63) is 113 Å². The molecule has 9 heteroatoms. The average Bonchev–Trinajstić information content (AvgIpc) is 3.39. The van der Waals surface area contributed by atoms with E-state index >= 15 is 0 Å². The number of para-hydroxylation sites is 1. The summed E-state index contributed by atoms with van der Waals surface area (Å²) in [6.45, 7) is 1.72. The van der Waals surface area contributed by atoms with Gasteiger partial charge in [0.25, 0.3) is 11.8 Å². The minimum atomic E-state index is -2.36. The molecule has 41 heavy (non-hydrogen) atoms. The van der Waals surface area contributed by atoms with Crippen molar-refractivity contribution in [1.29, 1.82) is 0 Å². The van der Waals surface area contributed by atoms with Crippen molar-refractivity contribution in [2.75, 3.05) is 12.0 Å². The van der Waals surface area contributed by atoms with Crippen LogP contribution in [0.25, 0.3) is 0 Å². The Morgan fingerprint density at radius 1 is 0.951 bits per heavy atom. The molecule has 0 saturated heterocycles. The van der Waals surface area contributed by atoms with E-state index in [0.717, 1.165) is 17.6 Å². The Morgan fingerprint density at radius 2 is 1.54 bits per heavy atom. The molecule has 3 unspecified atom stereocenters. The van der Waals surface area contributed by atoms with Gasteiger partial charge >= 0.3 is 5.97 Å². The summed E-state index contributed by atoms with van der Waals surface area (Å²) in [5.41, 5.74) is -2.88. The van der Waals surface area contributed by atoms with E-state index in [4.69, 9.17) is 4.74 Å². The standard InChI is InChI=1S/C32H27N3O6/c1-20-31(29(39)34(33-20)19-21-12-6-3-7-13-21)24(22-14-8-4-9-15-22)18-25(36)26-27(37)28(38)35(23-16-10-5-11-17-23)32(26,31)30(40)41-2/h3-17,24,37H,18-19H2,1-2H3. The maximum Gasteiger partial charge on any atom is 0.338 e. The number of anilines is 1. The van der Waals surface area contributed by atoms with Gasteiger partial charge in [0.2, 0.25) is 0 Å². The number of fused-ring (bicyclic) bond motifs is 2. The topological polar surface area (TPSA) is 117 Å². The number of carbonyl (C=O) groups is 4. The van der Waals surface area contributed by atoms with Gasteiger partial charge in [-0.15, -0.1) is 0 Å². The molecule has 1 aliphatic carbocycles. The summed E-state index contributed by atoms with van der Waals surface area (Å²) in [6.07, 6.45) is -0.240. The molecule has 3 aromatic rings. The van der Waals surface area contributed by atoms with Gasteiger partial charge in [0.15, 0.2) is 17.1 Å². The summed E-state index contributed by atoms with van der Waals surface area (Å²) < 4.78 is 5.36. The van der Waals surface area contributed by atoms with Crippen molar-refractivity contribution in [3.63, 3.8) is 0 Å². The molecule has 1 N–H and O–H groups in total. The number of carbonyl (C=O) groups excluding carboxylic acids is 4. The van der Waals surface area contributed by atoms with Crippen molar-refractivity contribution in [2.24, 2.45) is 10.5 Å². The average molecular weight is 550 g/mol. The van der Waals surface area contributed by atoms with E-state index in [1.54, 1.807) is 61.5 Å². The van der Waals surface area contributed by atoms with E-state index in [1.807, 2.05) is 36.4 Å². The van der Waals surface area contributed by atoms with Gasteiger partial charge < -0.3 is 9.84 Å². The lowest BCUT2D eigenvalue weighted by molar-refractivity contribution is -0.159. The Balaban J connectivity index is 1.70. The molecule has 2 heterocycles. The zero-order chi connectivity index (χ0) is 28.9. The zero-order valence-electron chi connectivity index (χ0n) is 22.5. The Hall–Kier alpha value is -5.05. The van der Waals surface area contributed by atoms with Crippen molar-refractivity contribution >= 4 is 35.0 Å². The number of methoxy groups -OCH3 is 1. The monoisotopic (exact) mass is 549 g/mol. The van der Waals surface area contributed by atoms with Gasteiger partial charge in [-0.3, -0.25) is 19.3 Å². The molecule has 6 rings (SSSR count). The highest BCUT2D eigenvalue weighted by Gasteiger charge is 2.81. The van der Waals surface area contributed by atoms with E-state index in [9.17, 15) is 24.3 Å². The number of ketones is 1. The van der Waals surface area contributed by atoms with Gasteiger partial charge in [-0.05, 0) is 30.2 Å². The highest BCUT2D eigenvalue weighted by molar-refractivity contribution is 6.31. The predicted octanol–water partition coefficient (Wildman–Crippen LogP) is 3.92. The first kappa shape index (κ1) is 26.2. The lowest BCUT2D eigenvalue weighted by Gasteiger charge is -2.54. The number of aliphatic hydroxyl groups is 1. The number of hydrogen-bond acceptors (Lipinski definition) is 7. The summed E-state index contributed by atoms with van der Waals surface area (Å²) in [6, 6.07) is 26.4. The molecule has 3 aliphatic rings. The van der Waals surface area contributed by atoms with E-state index < -0.39 is 51.8 Å². The molecule has 2 aliphatic heterocycles. The van der Waals surface area contributed by atoms with Gasteiger partial charge in [-0.25, -0.2) is 9.80 Å². The summed E-state index contributed by atoms with van der Waals surface area (Å²) in [5, 5.41) is 17.2. The number of hydrogen-bond donors (Lipinski definition) is 1. The molecule has 3 atom stereocenters. The largest absolute Gasteiger partial charge is 0.503 e. The number of nitrogens with zero attached hydrogens (tertiary/aromatic N) is 3. The van der Waals surface area contributed by atoms with E-state index in [0.29, 0.717) is 5.56 Å². The maximum atomic E-state index is 15.0.